The van der Waals surface area contributed by atoms with Crippen molar-refractivity contribution in [2.45, 2.75) is 46.6 Å². The highest BCUT2D eigenvalue weighted by Crippen LogP contribution is 2.36. The Balaban J connectivity index is 1.71. The standard InChI is InChI=1S/C24H30N2O4/c1-5-18(6-2)23(27)25-19-9-12-21-22(15-19)30-17(4)24(28)26(21)13-14-29-20-10-7-16(3)8-11-20/h7-12,15,17-18H,5-6,13-14H2,1-4H3,(H,25,27). The molecule has 1 unspecified atom stereocenters. The molecule has 6 heteroatoms. The summed E-state index contributed by atoms with van der Waals surface area (Å²) in [4.78, 5) is 26.8. The minimum Gasteiger partial charge on any atom is -0.492 e. The molecule has 1 aliphatic rings. The van der Waals surface area contributed by atoms with Crippen LogP contribution in [0.2, 0.25) is 0 Å². The summed E-state index contributed by atoms with van der Waals surface area (Å²) in [7, 11) is 0. The fourth-order valence-electron chi connectivity index (χ4n) is 3.51. The summed E-state index contributed by atoms with van der Waals surface area (Å²) in [5, 5.41) is 2.96. The van der Waals surface area contributed by atoms with E-state index >= 15 is 0 Å². The Kier molecular flexibility index (Phi) is 6.98. The molecule has 1 N–H and O–H groups in total. The molecule has 0 aliphatic carbocycles. The lowest BCUT2D eigenvalue weighted by molar-refractivity contribution is -0.125. The molecular weight excluding hydrogens is 380 g/mol. The average molecular weight is 411 g/mol. The molecule has 0 radical (unpaired) electrons. The van der Waals surface area contributed by atoms with Gasteiger partial charge in [-0.2, -0.15) is 0 Å². The predicted octanol–water partition coefficient (Wildman–Crippen LogP) is 4.56. The molecule has 0 fully saturated rings. The van der Waals surface area contributed by atoms with Crippen LogP contribution in [0.25, 0.3) is 0 Å². The number of hydrogen-bond donors (Lipinski definition) is 1. The van der Waals surface area contributed by atoms with Crippen LogP contribution in [0.4, 0.5) is 11.4 Å². The largest absolute Gasteiger partial charge is 0.492 e. The monoisotopic (exact) mass is 410 g/mol. The molecule has 0 saturated carbocycles. The summed E-state index contributed by atoms with van der Waals surface area (Å²) >= 11 is 0. The van der Waals surface area contributed by atoms with E-state index in [0.29, 0.717) is 30.3 Å². The van der Waals surface area contributed by atoms with Crippen LogP contribution in [0.15, 0.2) is 42.5 Å². The van der Waals surface area contributed by atoms with Gasteiger partial charge in [-0.05, 0) is 51.0 Å². The number of hydrogen-bond acceptors (Lipinski definition) is 4. The zero-order valence-electron chi connectivity index (χ0n) is 18.1. The van der Waals surface area contributed by atoms with Gasteiger partial charge in [-0.25, -0.2) is 0 Å². The zero-order chi connectivity index (χ0) is 21.7. The van der Waals surface area contributed by atoms with Gasteiger partial charge >= 0.3 is 0 Å². The van der Waals surface area contributed by atoms with Gasteiger partial charge in [0, 0.05) is 17.7 Å². The third kappa shape index (κ3) is 4.93. The molecule has 30 heavy (non-hydrogen) atoms. The highest BCUT2D eigenvalue weighted by Gasteiger charge is 2.31. The Morgan fingerprint density at radius 3 is 2.53 bits per heavy atom. The number of carbonyl (C=O) groups is 2. The number of ether oxygens (including phenoxy) is 2. The van der Waals surface area contributed by atoms with Gasteiger partial charge in [-0.15, -0.1) is 0 Å². The van der Waals surface area contributed by atoms with Crippen LogP contribution in [-0.4, -0.2) is 31.1 Å². The first-order valence-electron chi connectivity index (χ1n) is 10.5. The molecule has 0 aromatic heterocycles. The topological polar surface area (TPSA) is 67.9 Å². The summed E-state index contributed by atoms with van der Waals surface area (Å²) < 4.78 is 11.6. The maximum absolute atomic E-state index is 12.7. The van der Waals surface area contributed by atoms with Gasteiger partial charge in [-0.1, -0.05) is 31.5 Å². The van der Waals surface area contributed by atoms with E-state index in [4.69, 9.17) is 9.47 Å². The summed E-state index contributed by atoms with van der Waals surface area (Å²) in [6.07, 6.45) is 0.996. The Hall–Kier alpha value is -3.02. The second-order valence-electron chi connectivity index (χ2n) is 7.60. The van der Waals surface area contributed by atoms with Gasteiger partial charge in [0.15, 0.2) is 6.10 Å². The Labute approximate surface area is 178 Å². The Morgan fingerprint density at radius 1 is 1.17 bits per heavy atom. The number of nitrogens with one attached hydrogen (secondary N) is 1. The third-order valence-electron chi connectivity index (χ3n) is 5.40. The first-order valence-corrected chi connectivity index (χ1v) is 10.5. The Bertz CT molecular complexity index is 891. The van der Waals surface area contributed by atoms with E-state index in [2.05, 4.69) is 5.32 Å². The lowest BCUT2D eigenvalue weighted by Crippen LogP contribution is -2.46. The van der Waals surface area contributed by atoms with Crippen molar-refractivity contribution in [3.63, 3.8) is 0 Å². The van der Waals surface area contributed by atoms with Crippen molar-refractivity contribution in [1.82, 2.24) is 0 Å². The van der Waals surface area contributed by atoms with Gasteiger partial charge < -0.3 is 19.7 Å². The van der Waals surface area contributed by atoms with Crippen LogP contribution in [0, 0.1) is 12.8 Å². The second-order valence-corrected chi connectivity index (χ2v) is 7.60. The smallest absolute Gasteiger partial charge is 0.267 e. The van der Waals surface area contributed by atoms with E-state index in [1.807, 2.05) is 51.1 Å². The first-order chi connectivity index (χ1) is 14.4. The van der Waals surface area contributed by atoms with Crippen LogP contribution in [0.5, 0.6) is 11.5 Å². The van der Waals surface area contributed by atoms with E-state index in [0.717, 1.165) is 18.6 Å². The lowest BCUT2D eigenvalue weighted by atomic mass is 10.0. The molecule has 1 atom stereocenters. The minimum absolute atomic E-state index is 0.00300. The number of aryl methyl sites for hydroxylation is 1. The average Bonchev–Trinajstić information content (AvgIpc) is 2.73. The molecule has 2 aromatic carbocycles. The zero-order valence-corrected chi connectivity index (χ0v) is 18.1. The highest BCUT2D eigenvalue weighted by atomic mass is 16.5. The van der Waals surface area contributed by atoms with Crippen molar-refractivity contribution in [1.29, 1.82) is 0 Å². The van der Waals surface area contributed by atoms with Crippen LogP contribution < -0.4 is 19.7 Å². The summed E-state index contributed by atoms with van der Waals surface area (Å²) in [5.41, 5.74) is 2.52. The van der Waals surface area contributed by atoms with Crippen LogP contribution in [0.1, 0.15) is 39.2 Å². The van der Waals surface area contributed by atoms with Crippen molar-refractivity contribution in [2.24, 2.45) is 5.92 Å². The number of anilines is 2. The fraction of sp³-hybridized carbons (Fsp3) is 0.417. The molecule has 2 amide bonds. The number of fused-ring (bicyclic) bond motifs is 1. The molecule has 3 rings (SSSR count). The quantitative estimate of drug-likeness (QED) is 0.693. The van der Waals surface area contributed by atoms with Gasteiger partial charge in [0.2, 0.25) is 5.91 Å². The fourth-order valence-corrected chi connectivity index (χ4v) is 3.51. The predicted molar refractivity (Wildman–Crippen MR) is 118 cm³/mol. The number of benzene rings is 2. The van der Waals surface area contributed by atoms with Crippen molar-refractivity contribution >= 4 is 23.2 Å². The van der Waals surface area contributed by atoms with Gasteiger partial charge in [-0.3, -0.25) is 9.59 Å². The normalized spacial score (nSPS) is 15.6. The summed E-state index contributed by atoms with van der Waals surface area (Å²) in [5.74, 6) is 1.23. The van der Waals surface area contributed by atoms with Crippen LogP contribution in [-0.2, 0) is 9.59 Å². The second kappa shape index (κ2) is 9.65. The highest BCUT2D eigenvalue weighted by molar-refractivity contribution is 6.00. The molecule has 1 heterocycles. The third-order valence-corrected chi connectivity index (χ3v) is 5.40. The van der Waals surface area contributed by atoms with Crippen LogP contribution >= 0.6 is 0 Å². The summed E-state index contributed by atoms with van der Waals surface area (Å²) in [6.45, 7) is 8.55. The molecular formula is C24H30N2O4. The molecule has 160 valence electrons. The number of carbonyl (C=O) groups excluding carboxylic acids is 2. The van der Waals surface area contributed by atoms with Crippen molar-refractivity contribution in [3.05, 3.63) is 48.0 Å². The first kappa shape index (κ1) is 21.7. The van der Waals surface area contributed by atoms with Crippen molar-refractivity contribution < 1.29 is 19.1 Å². The minimum atomic E-state index is -0.596. The van der Waals surface area contributed by atoms with Gasteiger partial charge in [0.1, 0.15) is 18.1 Å². The summed E-state index contributed by atoms with van der Waals surface area (Å²) in [6, 6.07) is 13.2. The molecule has 0 spiro atoms. The number of rotatable bonds is 8. The molecule has 2 aromatic rings. The Morgan fingerprint density at radius 2 is 1.87 bits per heavy atom. The van der Waals surface area contributed by atoms with Crippen LogP contribution in [0.3, 0.4) is 0 Å². The number of amides is 2. The van der Waals surface area contributed by atoms with E-state index in [-0.39, 0.29) is 17.7 Å². The maximum atomic E-state index is 12.7. The van der Waals surface area contributed by atoms with Crippen molar-refractivity contribution in [3.8, 4) is 11.5 Å². The van der Waals surface area contributed by atoms with E-state index in [1.165, 1.54) is 5.56 Å². The van der Waals surface area contributed by atoms with Crippen molar-refractivity contribution in [2.75, 3.05) is 23.4 Å². The molecule has 0 saturated heterocycles. The lowest BCUT2D eigenvalue weighted by Gasteiger charge is -2.33. The van der Waals surface area contributed by atoms with E-state index in [9.17, 15) is 9.59 Å². The SMILES string of the molecule is CCC(CC)C(=O)Nc1ccc2c(c1)OC(C)C(=O)N2CCOc1ccc(C)cc1. The molecule has 0 bridgehead atoms. The number of nitrogens with zero attached hydrogens (tertiary/aromatic N) is 1. The van der Waals surface area contributed by atoms with Gasteiger partial charge in [0.05, 0.1) is 12.2 Å². The van der Waals surface area contributed by atoms with E-state index in [1.54, 1.807) is 24.0 Å². The maximum Gasteiger partial charge on any atom is 0.267 e. The van der Waals surface area contributed by atoms with E-state index < -0.39 is 6.10 Å². The van der Waals surface area contributed by atoms with Gasteiger partial charge in [0.25, 0.3) is 5.91 Å². The molecule has 1 aliphatic heterocycles. The molecule has 6 nitrogen and oxygen atoms in total.